The molecule has 0 aliphatic carbocycles. The van der Waals surface area contributed by atoms with E-state index in [9.17, 15) is 9.59 Å². The molecule has 3 aromatic heterocycles. The van der Waals surface area contributed by atoms with Gasteiger partial charge >= 0.3 is 0 Å². The Hall–Kier alpha value is -3.11. The average molecular weight is 470 g/mol. The highest BCUT2D eigenvalue weighted by Gasteiger charge is 2.29. The lowest BCUT2D eigenvalue weighted by atomic mass is 10.2. The van der Waals surface area contributed by atoms with Crippen molar-refractivity contribution in [1.82, 2.24) is 34.2 Å². The van der Waals surface area contributed by atoms with Crippen LogP contribution < -0.4 is 10.9 Å². The number of aryl methyl sites for hydroxylation is 1. The second kappa shape index (κ2) is 8.79. The van der Waals surface area contributed by atoms with Crippen LogP contribution in [-0.4, -0.2) is 47.1 Å². The first kappa shape index (κ1) is 20.8. The van der Waals surface area contributed by atoms with E-state index in [0.29, 0.717) is 33.5 Å². The number of carbonyl (C=O) groups is 1. The summed E-state index contributed by atoms with van der Waals surface area (Å²) in [5.41, 5.74) is 1.04. The molecule has 164 valence electrons. The third kappa shape index (κ3) is 4.03. The van der Waals surface area contributed by atoms with Crippen LogP contribution in [0.3, 0.4) is 0 Å². The molecule has 1 aliphatic rings. The topological polar surface area (TPSA) is 99.6 Å². The van der Waals surface area contributed by atoms with Crippen molar-refractivity contribution in [3.8, 4) is 5.69 Å². The maximum Gasteiger partial charge on any atom is 0.265 e. The molecule has 0 radical (unpaired) electrons. The van der Waals surface area contributed by atoms with Gasteiger partial charge in [0, 0.05) is 42.7 Å². The molecule has 0 saturated carbocycles. The van der Waals surface area contributed by atoms with Gasteiger partial charge < -0.3 is 9.88 Å². The van der Waals surface area contributed by atoms with E-state index >= 15 is 0 Å². The first-order chi connectivity index (χ1) is 15.6. The highest BCUT2D eigenvalue weighted by atomic mass is 35.5. The molecule has 1 N–H and O–H groups in total. The van der Waals surface area contributed by atoms with Crippen LogP contribution in [0, 0.1) is 0 Å². The number of benzene rings is 1. The standard InChI is InChI=1S/C21H20ClN7O2S/c22-14-3-1-4-15(9-14)29-19-17(11-25-29)20(31)28-16(12-32-21(28)26-19)10-18(30)24-5-2-7-27-8-6-23-13-27/h1,3-4,6,8-9,11,13,16H,2,5,7,10,12H2,(H,24,30). The minimum absolute atomic E-state index is 0.0734. The molecule has 9 nitrogen and oxygen atoms in total. The fourth-order valence-corrected chi connectivity index (χ4v) is 5.09. The number of nitrogens with one attached hydrogen (secondary N) is 1. The monoisotopic (exact) mass is 469 g/mol. The third-order valence-corrected chi connectivity index (χ3v) is 6.65. The zero-order chi connectivity index (χ0) is 22.1. The van der Waals surface area contributed by atoms with Crippen LogP contribution in [0.5, 0.6) is 0 Å². The van der Waals surface area contributed by atoms with Crippen LogP contribution in [0.4, 0.5) is 0 Å². The molecule has 11 heteroatoms. The van der Waals surface area contributed by atoms with E-state index < -0.39 is 0 Å². The molecule has 1 amide bonds. The smallest absolute Gasteiger partial charge is 0.265 e. The van der Waals surface area contributed by atoms with E-state index in [1.807, 2.05) is 22.9 Å². The van der Waals surface area contributed by atoms with Gasteiger partial charge in [0.2, 0.25) is 5.91 Å². The number of imidazole rings is 1. The summed E-state index contributed by atoms with van der Waals surface area (Å²) in [6.07, 6.45) is 7.94. The number of carbonyl (C=O) groups excluding carboxylic acids is 1. The third-order valence-electron chi connectivity index (χ3n) is 5.32. The van der Waals surface area contributed by atoms with Gasteiger partial charge in [-0.05, 0) is 24.6 Å². The Bertz CT molecular complexity index is 1330. The zero-order valence-electron chi connectivity index (χ0n) is 17.0. The molecular weight excluding hydrogens is 450 g/mol. The predicted octanol–water partition coefficient (Wildman–Crippen LogP) is 2.68. The lowest BCUT2D eigenvalue weighted by Gasteiger charge is -2.13. The van der Waals surface area contributed by atoms with Gasteiger partial charge in [0.05, 0.1) is 24.3 Å². The van der Waals surface area contributed by atoms with E-state index in [1.165, 1.54) is 18.0 Å². The summed E-state index contributed by atoms with van der Waals surface area (Å²) >= 11 is 7.58. The Morgan fingerprint density at radius 1 is 1.34 bits per heavy atom. The maximum atomic E-state index is 13.2. The molecule has 1 unspecified atom stereocenters. The number of nitrogens with zero attached hydrogens (tertiary/aromatic N) is 6. The second-order valence-corrected chi connectivity index (χ2v) is 8.94. The molecule has 1 aromatic carbocycles. The average Bonchev–Trinajstić information content (AvgIpc) is 3.52. The normalized spacial score (nSPS) is 15.2. The van der Waals surface area contributed by atoms with Crippen molar-refractivity contribution in [3.05, 3.63) is 64.6 Å². The number of hydrogen-bond donors (Lipinski definition) is 1. The maximum absolute atomic E-state index is 13.2. The number of thioether (sulfide) groups is 1. The van der Waals surface area contributed by atoms with E-state index in [-0.39, 0.29) is 23.9 Å². The van der Waals surface area contributed by atoms with E-state index in [2.05, 4.69) is 20.4 Å². The van der Waals surface area contributed by atoms with Crippen LogP contribution in [0.15, 0.2) is 59.1 Å². The van der Waals surface area contributed by atoms with Crippen LogP contribution in [-0.2, 0) is 11.3 Å². The van der Waals surface area contributed by atoms with Gasteiger partial charge in [-0.15, -0.1) is 0 Å². The molecule has 0 bridgehead atoms. The molecule has 4 aromatic rings. The van der Waals surface area contributed by atoms with Crippen molar-refractivity contribution in [2.24, 2.45) is 0 Å². The number of rotatable bonds is 7. The SMILES string of the molecule is O=C(CC1CSc2nc3c(cnn3-c3cccc(Cl)c3)c(=O)n21)NCCCn1ccnc1. The highest BCUT2D eigenvalue weighted by molar-refractivity contribution is 7.99. The number of fused-ring (bicyclic) bond motifs is 2. The summed E-state index contributed by atoms with van der Waals surface area (Å²) in [5.74, 6) is 0.553. The highest BCUT2D eigenvalue weighted by Crippen LogP contribution is 2.33. The summed E-state index contributed by atoms with van der Waals surface area (Å²) < 4.78 is 5.21. The van der Waals surface area contributed by atoms with Gasteiger partial charge in [0.1, 0.15) is 5.39 Å². The van der Waals surface area contributed by atoms with Gasteiger partial charge in [-0.3, -0.25) is 14.2 Å². The molecule has 5 rings (SSSR count). The fraction of sp³-hybridized carbons (Fsp3) is 0.286. The Morgan fingerprint density at radius 3 is 3.06 bits per heavy atom. The van der Waals surface area contributed by atoms with Gasteiger partial charge in [-0.2, -0.15) is 5.10 Å². The Balaban J connectivity index is 1.31. The van der Waals surface area contributed by atoms with Gasteiger partial charge in [0.25, 0.3) is 5.56 Å². The molecule has 0 fully saturated rings. The van der Waals surface area contributed by atoms with Crippen molar-refractivity contribution in [3.63, 3.8) is 0 Å². The minimum Gasteiger partial charge on any atom is -0.356 e. The van der Waals surface area contributed by atoms with Crippen molar-refractivity contribution in [2.75, 3.05) is 12.3 Å². The van der Waals surface area contributed by atoms with Crippen LogP contribution in [0.2, 0.25) is 5.02 Å². The van der Waals surface area contributed by atoms with Crippen molar-refractivity contribution in [1.29, 1.82) is 0 Å². The first-order valence-corrected chi connectivity index (χ1v) is 11.6. The molecule has 4 heterocycles. The molecule has 0 spiro atoms. The van der Waals surface area contributed by atoms with Crippen molar-refractivity contribution in [2.45, 2.75) is 30.6 Å². The van der Waals surface area contributed by atoms with Crippen LogP contribution >= 0.6 is 23.4 Å². The zero-order valence-corrected chi connectivity index (χ0v) is 18.6. The fourth-order valence-electron chi connectivity index (χ4n) is 3.77. The van der Waals surface area contributed by atoms with E-state index in [4.69, 9.17) is 11.6 Å². The first-order valence-electron chi connectivity index (χ1n) is 10.2. The number of aromatic nitrogens is 6. The van der Waals surface area contributed by atoms with E-state index in [1.54, 1.807) is 33.9 Å². The van der Waals surface area contributed by atoms with Crippen LogP contribution in [0.25, 0.3) is 16.7 Å². The number of amides is 1. The summed E-state index contributed by atoms with van der Waals surface area (Å²) in [7, 11) is 0. The lowest BCUT2D eigenvalue weighted by molar-refractivity contribution is -0.121. The Morgan fingerprint density at radius 2 is 2.25 bits per heavy atom. The molecular formula is C21H20ClN7O2S. The molecule has 32 heavy (non-hydrogen) atoms. The Kier molecular flexibility index (Phi) is 5.71. The van der Waals surface area contributed by atoms with Crippen molar-refractivity contribution < 1.29 is 4.79 Å². The second-order valence-electron chi connectivity index (χ2n) is 7.52. The summed E-state index contributed by atoms with van der Waals surface area (Å²) in [6.45, 7) is 1.36. The number of hydrogen-bond acceptors (Lipinski definition) is 6. The lowest BCUT2D eigenvalue weighted by Crippen LogP contribution is -2.31. The van der Waals surface area contributed by atoms with Gasteiger partial charge in [0.15, 0.2) is 10.8 Å². The van der Waals surface area contributed by atoms with Gasteiger partial charge in [-0.1, -0.05) is 29.4 Å². The molecule has 0 saturated heterocycles. The molecule has 1 aliphatic heterocycles. The quantitative estimate of drug-likeness (QED) is 0.330. The van der Waals surface area contributed by atoms with Crippen molar-refractivity contribution >= 4 is 40.3 Å². The van der Waals surface area contributed by atoms with E-state index in [0.717, 1.165) is 18.7 Å². The van der Waals surface area contributed by atoms with Gasteiger partial charge in [-0.25, -0.2) is 14.6 Å². The predicted molar refractivity (Wildman–Crippen MR) is 122 cm³/mol. The summed E-state index contributed by atoms with van der Waals surface area (Å²) in [5, 5.41) is 8.89. The molecule has 1 atom stereocenters. The minimum atomic E-state index is -0.234. The van der Waals surface area contributed by atoms with Crippen LogP contribution in [0.1, 0.15) is 18.9 Å². The summed E-state index contributed by atoms with van der Waals surface area (Å²) in [6, 6.07) is 7.00. The number of halogens is 1. The largest absolute Gasteiger partial charge is 0.356 e. The Labute approximate surface area is 192 Å². The summed E-state index contributed by atoms with van der Waals surface area (Å²) in [4.78, 5) is 34.4.